The molecule has 3 aromatic heterocycles. The summed E-state index contributed by atoms with van der Waals surface area (Å²) < 4.78 is 14.1. The van der Waals surface area contributed by atoms with E-state index >= 15 is 0 Å². The lowest BCUT2D eigenvalue weighted by Crippen LogP contribution is -2.33. The van der Waals surface area contributed by atoms with Crippen LogP contribution in [0.25, 0.3) is 16.7 Å². The Bertz CT molecular complexity index is 1510. The molecule has 0 atom stereocenters. The van der Waals surface area contributed by atoms with Gasteiger partial charge in [-0.25, -0.2) is 9.78 Å². The van der Waals surface area contributed by atoms with Gasteiger partial charge < -0.3 is 14.0 Å². The number of amides is 1. The molecule has 0 aromatic carbocycles. The summed E-state index contributed by atoms with van der Waals surface area (Å²) in [5.41, 5.74) is 1.23. The summed E-state index contributed by atoms with van der Waals surface area (Å²) in [5, 5.41) is 0.194. The molecule has 0 fully saturated rings. The van der Waals surface area contributed by atoms with Crippen molar-refractivity contribution in [2.75, 3.05) is 20.3 Å². The number of halogens is 1. The van der Waals surface area contributed by atoms with Crippen LogP contribution in [0.1, 0.15) is 29.3 Å². The summed E-state index contributed by atoms with van der Waals surface area (Å²) in [6.45, 7) is 7.66. The Hall–Kier alpha value is -3.63. The average Bonchev–Trinajstić information content (AvgIpc) is 2.84. The second-order valence-corrected chi connectivity index (χ2v) is 8.72. The van der Waals surface area contributed by atoms with E-state index in [0.29, 0.717) is 10.1 Å². The number of fused-ring (bicyclic) bond motifs is 2. The summed E-state index contributed by atoms with van der Waals surface area (Å²) >= 11 is 3.36. The minimum absolute atomic E-state index is 0.00744. The predicted molar refractivity (Wildman–Crippen MR) is 141 cm³/mol. The standard InChI is InChI=1S/C26H27BrN4O5/c1-5-7-8-11-18(27)15-21(32)28-24-20(26(34)36-6-2)16-19-23(30(24)13-14-35-4)29-22-17(3)10-9-12-31(22)25(19)33/h5,7-12,16H,1,6,13-15H2,2-4H3/b8-7+,18-11-,28-24?. The first-order valence-corrected chi connectivity index (χ1v) is 12.0. The van der Waals surface area contributed by atoms with Gasteiger partial charge in [0.05, 0.1) is 25.0 Å². The molecular formula is C26H27BrN4O5. The van der Waals surface area contributed by atoms with E-state index in [2.05, 4.69) is 27.5 Å². The maximum Gasteiger partial charge on any atom is 0.341 e. The third kappa shape index (κ3) is 5.95. The average molecular weight is 555 g/mol. The Kier molecular flexibility index (Phi) is 9.26. The van der Waals surface area contributed by atoms with E-state index in [1.165, 1.54) is 17.6 Å². The van der Waals surface area contributed by atoms with Gasteiger partial charge in [0.1, 0.15) is 16.9 Å². The monoisotopic (exact) mass is 554 g/mol. The van der Waals surface area contributed by atoms with E-state index in [9.17, 15) is 14.4 Å². The van der Waals surface area contributed by atoms with Gasteiger partial charge in [-0.2, -0.15) is 4.99 Å². The molecule has 3 aromatic rings. The second-order valence-electron chi connectivity index (χ2n) is 7.70. The number of carbonyl (C=O) groups excluding carboxylic acids is 2. The van der Waals surface area contributed by atoms with Crippen molar-refractivity contribution in [2.24, 2.45) is 4.99 Å². The number of methoxy groups -OCH3 is 1. The molecule has 0 aliphatic rings. The number of carbonyl (C=O) groups is 2. The minimum Gasteiger partial charge on any atom is -0.462 e. The number of aryl methyl sites for hydroxylation is 1. The molecule has 3 rings (SSSR count). The molecule has 0 saturated heterocycles. The van der Waals surface area contributed by atoms with Crippen LogP contribution in [0.15, 0.2) is 69.5 Å². The molecule has 0 N–H and O–H groups in total. The molecule has 0 radical (unpaired) electrons. The van der Waals surface area contributed by atoms with Crippen molar-refractivity contribution in [2.45, 2.75) is 26.8 Å². The molecule has 0 aliphatic heterocycles. The zero-order valence-electron chi connectivity index (χ0n) is 20.4. The smallest absolute Gasteiger partial charge is 0.341 e. The number of hydrogen-bond donors (Lipinski definition) is 0. The zero-order valence-corrected chi connectivity index (χ0v) is 21.9. The van der Waals surface area contributed by atoms with Gasteiger partial charge in [0, 0.05) is 24.3 Å². The highest BCUT2D eigenvalue weighted by Gasteiger charge is 2.20. The van der Waals surface area contributed by atoms with Crippen LogP contribution in [0.3, 0.4) is 0 Å². The first kappa shape index (κ1) is 27.0. The fourth-order valence-electron chi connectivity index (χ4n) is 3.56. The highest BCUT2D eigenvalue weighted by molar-refractivity contribution is 9.11. The van der Waals surface area contributed by atoms with Crippen molar-refractivity contribution in [3.8, 4) is 0 Å². The lowest BCUT2D eigenvalue weighted by atomic mass is 10.2. The lowest BCUT2D eigenvalue weighted by molar-refractivity contribution is -0.117. The van der Waals surface area contributed by atoms with E-state index in [-0.39, 0.29) is 53.8 Å². The van der Waals surface area contributed by atoms with E-state index in [4.69, 9.17) is 14.5 Å². The first-order valence-electron chi connectivity index (χ1n) is 11.2. The Morgan fingerprint density at radius 1 is 1.28 bits per heavy atom. The maximum atomic E-state index is 13.4. The van der Waals surface area contributed by atoms with Crippen LogP contribution < -0.4 is 11.0 Å². The van der Waals surface area contributed by atoms with E-state index < -0.39 is 11.9 Å². The van der Waals surface area contributed by atoms with Crippen molar-refractivity contribution in [1.29, 1.82) is 0 Å². The van der Waals surface area contributed by atoms with Gasteiger partial charge in [-0.1, -0.05) is 52.9 Å². The number of nitrogens with zero attached hydrogens (tertiary/aromatic N) is 4. The van der Waals surface area contributed by atoms with Gasteiger partial charge in [0.25, 0.3) is 11.5 Å². The summed E-state index contributed by atoms with van der Waals surface area (Å²) in [7, 11) is 1.53. The van der Waals surface area contributed by atoms with Crippen LogP contribution >= 0.6 is 15.9 Å². The number of esters is 1. The number of aromatic nitrogens is 3. The van der Waals surface area contributed by atoms with Crippen LogP contribution in [0, 0.1) is 6.92 Å². The molecule has 36 heavy (non-hydrogen) atoms. The van der Waals surface area contributed by atoms with E-state index in [1.807, 2.05) is 13.0 Å². The fourth-order valence-corrected chi connectivity index (χ4v) is 3.95. The summed E-state index contributed by atoms with van der Waals surface area (Å²) in [4.78, 5) is 48.3. The largest absolute Gasteiger partial charge is 0.462 e. The lowest BCUT2D eigenvalue weighted by Gasteiger charge is -2.15. The van der Waals surface area contributed by atoms with Crippen molar-refractivity contribution in [1.82, 2.24) is 14.0 Å². The molecule has 0 bridgehead atoms. The van der Waals surface area contributed by atoms with Gasteiger partial charge in [-0.15, -0.1) is 0 Å². The highest BCUT2D eigenvalue weighted by Crippen LogP contribution is 2.15. The second kappa shape index (κ2) is 12.4. The molecule has 0 aliphatic carbocycles. The predicted octanol–water partition coefficient (Wildman–Crippen LogP) is 3.62. The van der Waals surface area contributed by atoms with Gasteiger partial charge >= 0.3 is 5.97 Å². The van der Waals surface area contributed by atoms with Crippen molar-refractivity contribution < 1.29 is 19.1 Å². The Morgan fingerprint density at radius 3 is 2.75 bits per heavy atom. The van der Waals surface area contributed by atoms with Gasteiger partial charge in [-0.3, -0.25) is 14.0 Å². The Morgan fingerprint density at radius 2 is 2.06 bits per heavy atom. The zero-order chi connectivity index (χ0) is 26.2. The molecule has 0 saturated carbocycles. The van der Waals surface area contributed by atoms with Crippen molar-refractivity contribution in [3.05, 3.63) is 86.7 Å². The summed E-state index contributed by atoms with van der Waals surface area (Å²) in [6.07, 6.45) is 8.35. The molecular weight excluding hydrogens is 528 g/mol. The minimum atomic E-state index is -0.700. The summed E-state index contributed by atoms with van der Waals surface area (Å²) in [5.74, 6) is -1.20. The molecule has 10 heteroatoms. The molecule has 0 spiro atoms. The summed E-state index contributed by atoms with van der Waals surface area (Å²) in [6, 6.07) is 4.99. The highest BCUT2D eigenvalue weighted by atomic mass is 79.9. The van der Waals surface area contributed by atoms with Crippen LogP contribution in [0.2, 0.25) is 0 Å². The molecule has 0 unspecified atom stereocenters. The molecule has 1 amide bonds. The first-order chi connectivity index (χ1) is 17.3. The topological polar surface area (TPSA) is 104 Å². The quantitative estimate of drug-likeness (QED) is 0.227. The number of ether oxygens (including phenoxy) is 2. The molecule has 188 valence electrons. The SMILES string of the molecule is C=C/C=C/C=C(\Br)CC(=O)N=c1c(C(=O)OCC)cc2c(=O)n3cccc(C)c3nc2n1CCOC. The fraction of sp³-hybridized carbons (Fsp3) is 0.269. The van der Waals surface area contributed by atoms with Crippen LogP contribution in [0.4, 0.5) is 0 Å². The Labute approximate surface area is 216 Å². The third-order valence-corrected chi connectivity index (χ3v) is 5.74. The Balaban J connectivity index is 2.37. The van der Waals surface area contributed by atoms with Gasteiger partial charge in [0.15, 0.2) is 5.49 Å². The normalized spacial score (nSPS) is 12.6. The van der Waals surface area contributed by atoms with E-state index in [0.717, 1.165) is 5.56 Å². The van der Waals surface area contributed by atoms with Gasteiger partial charge in [-0.05, 0) is 31.5 Å². The number of pyridine rings is 2. The molecule has 3 heterocycles. The van der Waals surface area contributed by atoms with Crippen LogP contribution in [0.5, 0.6) is 0 Å². The van der Waals surface area contributed by atoms with Crippen molar-refractivity contribution >= 4 is 44.5 Å². The van der Waals surface area contributed by atoms with Crippen LogP contribution in [-0.2, 0) is 20.8 Å². The number of rotatable bonds is 9. The number of hydrogen-bond acceptors (Lipinski definition) is 6. The van der Waals surface area contributed by atoms with Gasteiger partial charge in [0.2, 0.25) is 0 Å². The van der Waals surface area contributed by atoms with Crippen molar-refractivity contribution in [3.63, 3.8) is 0 Å². The maximum absolute atomic E-state index is 13.4. The van der Waals surface area contributed by atoms with E-state index in [1.54, 1.807) is 48.1 Å². The number of allylic oxidation sites excluding steroid dienone is 4. The third-order valence-electron chi connectivity index (χ3n) is 5.19. The molecule has 9 nitrogen and oxygen atoms in total. The van der Waals surface area contributed by atoms with Crippen LogP contribution in [-0.4, -0.2) is 46.2 Å².